The quantitative estimate of drug-likeness (QED) is 0.743. The Morgan fingerprint density at radius 2 is 2.27 bits per heavy atom. The van der Waals surface area contributed by atoms with Crippen LogP contribution in [-0.2, 0) is 0 Å². The molecule has 78 valence electrons. The van der Waals surface area contributed by atoms with E-state index in [0.29, 0.717) is 5.56 Å². The molecule has 2 aromatic rings. The van der Waals surface area contributed by atoms with Gasteiger partial charge >= 0.3 is 0 Å². The van der Waals surface area contributed by atoms with Crippen molar-refractivity contribution in [2.45, 2.75) is 0 Å². The predicted molar refractivity (Wildman–Crippen MR) is 58.6 cm³/mol. The Morgan fingerprint density at radius 3 is 2.93 bits per heavy atom. The Hall–Kier alpha value is -1.81. The summed E-state index contributed by atoms with van der Waals surface area (Å²) in [5, 5.41) is 1.45. The van der Waals surface area contributed by atoms with Gasteiger partial charge in [0.15, 0.2) is 0 Å². The van der Waals surface area contributed by atoms with Gasteiger partial charge in [-0.2, -0.15) is 0 Å². The number of fused-ring (bicyclic) bond motifs is 1. The van der Waals surface area contributed by atoms with Gasteiger partial charge in [-0.1, -0.05) is 6.07 Å². The van der Waals surface area contributed by atoms with E-state index in [1.807, 2.05) is 41.1 Å². The maximum atomic E-state index is 11.8. The molecule has 15 heavy (non-hydrogen) atoms. The van der Waals surface area contributed by atoms with E-state index in [2.05, 4.69) is 5.43 Å². The second kappa shape index (κ2) is 3.74. The van der Waals surface area contributed by atoms with Crippen LogP contribution < -0.4 is 5.43 Å². The van der Waals surface area contributed by atoms with Crippen LogP contribution >= 0.6 is 0 Å². The van der Waals surface area contributed by atoms with E-state index in [4.69, 9.17) is 0 Å². The third kappa shape index (κ3) is 1.71. The summed E-state index contributed by atoms with van der Waals surface area (Å²) in [6.45, 7) is 0. The lowest BCUT2D eigenvalue weighted by molar-refractivity contribution is 0.0735. The Kier molecular flexibility index (Phi) is 2.43. The van der Waals surface area contributed by atoms with Crippen LogP contribution in [0.4, 0.5) is 0 Å². The number of hydrogen-bond acceptors (Lipinski definition) is 2. The largest absolute Gasteiger partial charge is 0.323 e. The molecule has 1 amide bonds. The van der Waals surface area contributed by atoms with Crippen LogP contribution in [0.3, 0.4) is 0 Å². The monoisotopic (exact) mass is 203 g/mol. The van der Waals surface area contributed by atoms with E-state index in [0.717, 1.165) is 5.52 Å². The van der Waals surface area contributed by atoms with E-state index in [-0.39, 0.29) is 5.91 Å². The molecule has 0 aliphatic rings. The summed E-state index contributed by atoms with van der Waals surface area (Å²) >= 11 is 0. The Bertz CT molecular complexity index is 456. The summed E-state index contributed by atoms with van der Waals surface area (Å²) in [6, 6.07) is 7.72. The number of carbonyl (C=O) groups is 1. The standard InChI is InChI=1S/C11H13N3O/c1-12-13(2)11(15)9-7-10-5-3-4-6-14(10)8-9/h3-8,12H,1-2H3. The zero-order valence-electron chi connectivity index (χ0n) is 8.77. The van der Waals surface area contributed by atoms with Crippen LogP contribution in [0.5, 0.6) is 0 Å². The zero-order valence-corrected chi connectivity index (χ0v) is 8.77. The van der Waals surface area contributed by atoms with Gasteiger partial charge in [0.05, 0.1) is 5.56 Å². The summed E-state index contributed by atoms with van der Waals surface area (Å²) < 4.78 is 1.93. The minimum atomic E-state index is -0.0406. The molecule has 2 aromatic heterocycles. The van der Waals surface area contributed by atoms with Crippen molar-refractivity contribution in [2.75, 3.05) is 14.1 Å². The first kappa shape index (κ1) is 9.73. The number of rotatable bonds is 2. The fourth-order valence-electron chi connectivity index (χ4n) is 1.47. The van der Waals surface area contributed by atoms with E-state index >= 15 is 0 Å². The number of hydrazine groups is 1. The summed E-state index contributed by atoms with van der Waals surface area (Å²) in [5.41, 5.74) is 4.48. The lowest BCUT2D eigenvalue weighted by atomic mass is 10.3. The predicted octanol–water partition coefficient (Wildman–Crippen LogP) is 1.15. The average Bonchev–Trinajstić information content (AvgIpc) is 2.70. The first-order valence-corrected chi connectivity index (χ1v) is 4.74. The maximum Gasteiger partial charge on any atom is 0.269 e. The molecule has 2 rings (SSSR count). The van der Waals surface area contributed by atoms with Crippen LogP contribution in [0.2, 0.25) is 0 Å². The highest BCUT2D eigenvalue weighted by atomic mass is 16.2. The summed E-state index contributed by atoms with van der Waals surface area (Å²) in [4.78, 5) is 11.8. The molecule has 4 nitrogen and oxygen atoms in total. The first-order chi connectivity index (χ1) is 7.22. The molecule has 0 aliphatic heterocycles. The molecular weight excluding hydrogens is 190 g/mol. The third-order valence-corrected chi connectivity index (χ3v) is 2.39. The van der Waals surface area contributed by atoms with Crippen molar-refractivity contribution in [3.63, 3.8) is 0 Å². The Balaban J connectivity index is 2.41. The lowest BCUT2D eigenvalue weighted by Gasteiger charge is -2.13. The van der Waals surface area contributed by atoms with Crippen molar-refractivity contribution in [2.24, 2.45) is 0 Å². The summed E-state index contributed by atoms with van der Waals surface area (Å²) in [5.74, 6) is -0.0406. The highest BCUT2D eigenvalue weighted by Crippen LogP contribution is 2.10. The molecule has 0 saturated heterocycles. The van der Waals surface area contributed by atoms with Crippen LogP contribution in [0.25, 0.3) is 5.52 Å². The van der Waals surface area contributed by atoms with Crippen LogP contribution in [0.15, 0.2) is 36.7 Å². The SMILES string of the molecule is CNN(C)C(=O)c1cc2ccccn2c1. The highest BCUT2D eigenvalue weighted by molar-refractivity contribution is 5.95. The number of amides is 1. The minimum Gasteiger partial charge on any atom is -0.323 e. The van der Waals surface area contributed by atoms with Gasteiger partial charge in [-0.25, -0.2) is 5.43 Å². The summed E-state index contributed by atoms with van der Waals surface area (Å²) in [6.07, 6.45) is 3.75. The van der Waals surface area contributed by atoms with Gasteiger partial charge in [-0.15, -0.1) is 0 Å². The van der Waals surface area contributed by atoms with Crippen molar-refractivity contribution < 1.29 is 4.79 Å². The van der Waals surface area contributed by atoms with E-state index in [9.17, 15) is 4.79 Å². The second-order valence-electron chi connectivity index (χ2n) is 3.35. The van der Waals surface area contributed by atoms with Gasteiger partial charge in [0.2, 0.25) is 0 Å². The number of nitrogens with one attached hydrogen (secondary N) is 1. The van der Waals surface area contributed by atoms with Crippen molar-refractivity contribution in [3.05, 3.63) is 42.2 Å². The molecule has 0 fully saturated rings. The third-order valence-electron chi connectivity index (χ3n) is 2.39. The molecule has 1 N–H and O–H groups in total. The topological polar surface area (TPSA) is 36.8 Å². The number of nitrogens with zero attached hydrogens (tertiary/aromatic N) is 2. The molecule has 0 spiro atoms. The molecule has 0 bridgehead atoms. The first-order valence-electron chi connectivity index (χ1n) is 4.74. The Labute approximate surface area is 88.1 Å². The number of hydrogen-bond donors (Lipinski definition) is 1. The highest BCUT2D eigenvalue weighted by Gasteiger charge is 2.11. The minimum absolute atomic E-state index is 0.0406. The number of pyridine rings is 1. The fourth-order valence-corrected chi connectivity index (χ4v) is 1.47. The molecule has 0 aliphatic carbocycles. The van der Waals surface area contributed by atoms with Crippen LogP contribution in [0, 0.1) is 0 Å². The maximum absolute atomic E-state index is 11.8. The molecule has 0 saturated carbocycles. The van der Waals surface area contributed by atoms with E-state index in [1.54, 1.807) is 14.1 Å². The molecule has 0 atom stereocenters. The smallest absolute Gasteiger partial charge is 0.269 e. The fraction of sp³-hybridized carbons (Fsp3) is 0.182. The van der Waals surface area contributed by atoms with E-state index in [1.165, 1.54) is 5.01 Å². The van der Waals surface area contributed by atoms with Crippen LogP contribution in [-0.4, -0.2) is 29.4 Å². The molecular formula is C11H13N3O. The van der Waals surface area contributed by atoms with Crippen LogP contribution in [0.1, 0.15) is 10.4 Å². The average molecular weight is 203 g/mol. The van der Waals surface area contributed by atoms with Crippen molar-refractivity contribution in [1.82, 2.24) is 14.8 Å². The second-order valence-corrected chi connectivity index (χ2v) is 3.35. The van der Waals surface area contributed by atoms with Crippen molar-refractivity contribution >= 4 is 11.4 Å². The zero-order chi connectivity index (χ0) is 10.8. The van der Waals surface area contributed by atoms with Gasteiger partial charge in [-0.3, -0.25) is 9.80 Å². The van der Waals surface area contributed by atoms with Crippen molar-refractivity contribution in [3.8, 4) is 0 Å². The van der Waals surface area contributed by atoms with Crippen molar-refractivity contribution in [1.29, 1.82) is 0 Å². The summed E-state index contributed by atoms with van der Waals surface area (Å²) in [7, 11) is 3.42. The molecule has 2 heterocycles. The molecule has 0 aromatic carbocycles. The normalized spacial score (nSPS) is 10.5. The molecule has 0 unspecified atom stereocenters. The van der Waals surface area contributed by atoms with E-state index < -0.39 is 0 Å². The number of aromatic nitrogens is 1. The van der Waals surface area contributed by atoms with Gasteiger partial charge < -0.3 is 4.40 Å². The lowest BCUT2D eigenvalue weighted by Crippen LogP contribution is -2.36. The van der Waals surface area contributed by atoms with Gasteiger partial charge in [-0.05, 0) is 18.2 Å². The number of carbonyl (C=O) groups excluding carboxylic acids is 1. The van der Waals surface area contributed by atoms with Gasteiger partial charge in [0.1, 0.15) is 0 Å². The van der Waals surface area contributed by atoms with Gasteiger partial charge in [0.25, 0.3) is 5.91 Å². The molecule has 0 radical (unpaired) electrons. The van der Waals surface area contributed by atoms with Gasteiger partial charge in [0, 0.05) is 32.0 Å². The Morgan fingerprint density at radius 1 is 1.47 bits per heavy atom. The molecule has 4 heteroatoms.